The Hall–Kier alpha value is -0.450. The van der Waals surface area contributed by atoms with Gasteiger partial charge in [0.25, 0.3) is 0 Å². The van der Waals surface area contributed by atoms with Gasteiger partial charge in [-0.1, -0.05) is 0 Å². The van der Waals surface area contributed by atoms with E-state index in [4.69, 9.17) is 9.47 Å². The molecule has 0 N–H and O–H groups in total. The van der Waals surface area contributed by atoms with Gasteiger partial charge in [-0.2, -0.15) is 0 Å². The molecule has 1 unspecified atom stereocenters. The average molecular weight is 227 g/mol. The lowest BCUT2D eigenvalue weighted by atomic mass is 10.2. The number of ether oxygens (including phenoxy) is 2. The molecule has 1 aromatic heterocycles. The van der Waals surface area contributed by atoms with E-state index in [1.54, 1.807) is 11.3 Å². The molecule has 0 aromatic carbocycles. The number of hydrogen-bond acceptors (Lipinski definition) is 4. The van der Waals surface area contributed by atoms with Crippen molar-refractivity contribution in [1.29, 1.82) is 0 Å². The van der Waals surface area contributed by atoms with Crippen LogP contribution >= 0.6 is 11.3 Å². The molecule has 1 aromatic rings. The summed E-state index contributed by atoms with van der Waals surface area (Å²) in [5.41, 5.74) is 1.13. The molecule has 0 aliphatic carbocycles. The summed E-state index contributed by atoms with van der Waals surface area (Å²) in [6.45, 7) is 3.59. The highest BCUT2D eigenvalue weighted by molar-refractivity contribution is 7.09. The molecular weight excluding hydrogens is 210 g/mol. The summed E-state index contributed by atoms with van der Waals surface area (Å²) >= 11 is 1.69. The Morgan fingerprint density at radius 3 is 3.20 bits per heavy atom. The maximum atomic E-state index is 5.64. The van der Waals surface area contributed by atoms with Gasteiger partial charge in [-0.25, -0.2) is 4.98 Å². The van der Waals surface area contributed by atoms with E-state index in [1.165, 1.54) is 12.8 Å². The zero-order chi connectivity index (χ0) is 10.5. The van der Waals surface area contributed by atoms with Crippen molar-refractivity contribution in [2.24, 2.45) is 0 Å². The smallest absolute Gasteiger partial charge is 0.157 e. The molecule has 2 heterocycles. The van der Waals surface area contributed by atoms with E-state index in [1.807, 2.05) is 6.92 Å². The zero-order valence-corrected chi connectivity index (χ0v) is 9.89. The molecule has 3 nitrogen and oxygen atoms in total. The van der Waals surface area contributed by atoms with Gasteiger partial charge in [-0.15, -0.1) is 11.3 Å². The van der Waals surface area contributed by atoms with Crippen LogP contribution in [0.5, 0.6) is 0 Å². The number of aryl methyl sites for hydroxylation is 1. The summed E-state index contributed by atoms with van der Waals surface area (Å²) in [7, 11) is 0. The molecule has 1 saturated heterocycles. The van der Waals surface area contributed by atoms with Crippen molar-refractivity contribution in [2.75, 3.05) is 13.2 Å². The van der Waals surface area contributed by atoms with Crippen LogP contribution in [0.3, 0.4) is 0 Å². The highest BCUT2D eigenvalue weighted by Crippen LogP contribution is 2.14. The van der Waals surface area contributed by atoms with Gasteiger partial charge in [-0.3, -0.25) is 0 Å². The van der Waals surface area contributed by atoms with Crippen LogP contribution in [0.1, 0.15) is 30.0 Å². The molecule has 2 rings (SSSR count). The highest BCUT2D eigenvalue weighted by Gasteiger charge is 2.13. The Morgan fingerprint density at radius 1 is 1.60 bits per heavy atom. The number of rotatable bonds is 4. The number of hydrogen-bond donors (Lipinski definition) is 0. The van der Waals surface area contributed by atoms with Crippen LogP contribution < -0.4 is 0 Å². The summed E-state index contributed by atoms with van der Waals surface area (Å²) in [6, 6.07) is 0. The van der Waals surface area contributed by atoms with Gasteiger partial charge in [0, 0.05) is 18.4 Å². The van der Waals surface area contributed by atoms with Crippen LogP contribution in [-0.2, 0) is 15.9 Å². The molecule has 1 atom stereocenters. The molecule has 0 bridgehead atoms. The average Bonchev–Trinajstić information content (AvgIpc) is 2.66. The fraction of sp³-hybridized carbons (Fsp3) is 0.727. The summed E-state index contributed by atoms with van der Waals surface area (Å²) in [5.74, 6) is 0. The molecule has 15 heavy (non-hydrogen) atoms. The first-order valence-corrected chi connectivity index (χ1v) is 6.37. The molecule has 0 saturated carbocycles. The second-order valence-electron chi connectivity index (χ2n) is 3.77. The maximum absolute atomic E-state index is 5.64. The Morgan fingerprint density at radius 2 is 2.53 bits per heavy atom. The minimum Gasteiger partial charge on any atom is -0.353 e. The number of nitrogens with zero attached hydrogens (tertiary/aromatic N) is 1. The SMILES string of the molecule is Cc1nc(CCOC2CCCCO2)cs1. The number of aromatic nitrogens is 1. The van der Waals surface area contributed by atoms with Crippen molar-refractivity contribution in [3.05, 3.63) is 16.1 Å². The van der Waals surface area contributed by atoms with E-state index in [9.17, 15) is 0 Å². The predicted octanol–water partition coefficient (Wildman–Crippen LogP) is 2.54. The third-order valence-electron chi connectivity index (χ3n) is 2.47. The van der Waals surface area contributed by atoms with E-state index in [0.717, 1.165) is 30.2 Å². The van der Waals surface area contributed by atoms with Gasteiger partial charge in [0.2, 0.25) is 0 Å². The molecule has 1 fully saturated rings. The van der Waals surface area contributed by atoms with Crippen LogP contribution in [-0.4, -0.2) is 24.5 Å². The van der Waals surface area contributed by atoms with Crippen LogP contribution in [0.15, 0.2) is 5.38 Å². The molecule has 1 aliphatic heterocycles. The van der Waals surface area contributed by atoms with E-state index in [2.05, 4.69) is 10.4 Å². The first-order chi connectivity index (χ1) is 7.34. The third-order valence-corrected chi connectivity index (χ3v) is 3.29. The van der Waals surface area contributed by atoms with E-state index >= 15 is 0 Å². The van der Waals surface area contributed by atoms with Crippen LogP contribution in [0.4, 0.5) is 0 Å². The van der Waals surface area contributed by atoms with Crippen molar-refractivity contribution in [3.8, 4) is 0 Å². The fourth-order valence-electron chi connectivity index (χ4n) is 1.66. The van der Waals surface area contributed by atoms with Gasteiger partial charge < -0.3 is 9.47 Å². The summed E-state index contributed by atoms with van der Waals surface area (Å²) in [5, 5.41) is 3.22. The third kappa shape index (κ3) is 3.55. The standard InChI is InChI=1S/C11H17NO2S/c1-9-12-10(8-15-9)5-7-14-11-4-2-3-6-13-11/h8,11H,2-7H2,1H3. The Kier molecular flexibility index (Phi) is 4.11. The van der Waals surface area contributed by atoms with Gasteiger partial charge in [-0.05, 0) is 26.2 Å². The summed E-state index contributed by atoms with van der Waals surface area (Å²) in [4.78, 5) is 4.39. The van der Waals surface area contributed by atoms with E-state index in [-0.39, 0.29) is 6.29 Å². The summed E-state index contributed by atoms with van der Waals surface area (Å²) < 4.78 is 11.1. The Balaban J connectivity index is 1.65. The first-order valence-electron chi connectivity index (χ1n) is 5.49. The van der Waals surface area contributed by atoms with Crippen molar-refractivity contribution in [1.82, 2.24) is 4.98 Å². The van der Waals surface area contributed by atoms with Crippen LogP contribution in [0.2, 0.25) is 0 Å². The quantitative estimate of drug-likeness (QED) is 0.792. The molecule has 1 aliphatic rings. The van der Waals surface area contributed by atoms with Gasteiger partial charge in [0.1, 0.15) is 0 Å². The zero-order valence-electron chi connectivity index (χ0n) is 9.07. The minimum atomic E-state index is 0.0264. The highest BCUT2D eigenvalue weighted by atomic mass is 32.1. The van der Waals surface area contributed by atoms with E-state index in [0.29, 0.717) is 6.61 Å². The lowest BCUT2D eigenvalue weighted by molar-refractivity contribution is -0.161. The van der Waals surface area contributed by atoms with Crippen molar-refractivity contribution in [2.45, 2.75) is 38.9 Å². The van der Waals surface area contributed by atoms with E-state index < -0.39 is 0 Å². The van der Waals surface area contributed by atoms with Crippen LogP contribution in [0, 0.1) is 6.92 Å². The van der Waals surface area contributed by atoms with Crippen molar-refractivity contribution < 1.29 is 9.47 Å². The predicted molar refractivity (Wildman–Crippen MR) is 60.1 cm³/mol. The molecule has 0 spiro atoms. The molecule has 0 radical (unpaired) electrons. The first kappa shape index (κ1) is 11.0. The molecule has 84 valence electrons. The van der Waals surface area contributed by atoms with Crippen molar-refractivity contribution in [3.63, 3.8) is 0 Å². The molecular formula is C11H17NO2S. The van der Waals surface area contributed by atoms with Crippen molar-refractivity contribution >= 4 is 11.3 Å². The van der Waals surface area contributed by atoms with Gasteiger partial charge >= 0.3 is 0 Å². The minimum absolute atomic E-state index is 0.0264. The normalized spacial score (nSPS) is 21.8. The Labute approximate surface area is 94.4 Å². The Bertz CT molecular complexity index is 295. The van der Waals surface area contributed by atoms with Crippen LogP contribution in [0.25, 0.3) is 0 Å². The monoisotopic (exact) mass is 227 g/mol. The largest absolute Gasteiger partial charge is 0.353 e. The molecule has 0 amide bonds. The maximum Gasteiger partial charge on any atom is 0.157 e. The van der Waals surface area contributed by atoms with Gasteiger partial charge in [0.05, 0.1) is 17.3 Å². The lowest BCUT2D eigenvalue weighted by Crippen LogP contribution is -2.23. The second kappa shape index (κ2) is 5.58. The lowest BCUT2D eigenvalue weighted by Gasteiger charge is -2.22. The number of thiazole rings is 1. The second-order valence-corrected chi connectivity index (χ2v) is 4.84. The topological polar surface area (TPSA) is 31.4 Å². The van der Waals surface area contributed by atoms with Gasteiger partial charge in [0.15, 0.2) is 6.29 Å². The fourth-order valence-corrected chi connectivity index (χ4v) is 2.31. The molecule has 4 heteroatoms. The summed E-state index contributed by atoms with van der Waals surface area (Å²) in [6.07, 6.45) is 4.35.